The fraction of sp³-hybridized carbons (Fsp3) is 0.667. The molecule has 3 heteroatoms. The number of aldehydes is 1. The SMILES string of the molecule is [NH2][Sn][CH2]CC=O. The summed E-state index contributed by atoms with van der Waals surface area (Å²) >= 11 is -0.542. The molecule has 0 heterocycles. The maximum absolute atomic E-state index is 9.54. The summed E-state index contributed by atoms with van der Waals surface area (Å²) in [5, 5.41) is 0. The number of hydrogen-bond donors (Lipinski definition) is 1. The normalized spacial score (nSPS) is 8.17. The Labute approximate surface area is 47.7 Å². The molecule has 0 fully saturated rings. The first-order chi connectivity index (χ1) is 2.91. The Balaban J connectivity index is 2.49. The summed E-state index contributed by atoms with van der Waals surface area (Å²) in [6.45, 7) is 0. The van der Waals surface area contributed by atoms with Gasteiger partial charge in [0.25, 0.3) is 0 Å². The molecule has 2 nitrogen and oxygen atoms in total. The number of hydrogen-bond acceptors (Lipinski definition) is 2. The molecule has 0 rings (SSSR count). The molecule has 0 aliphatic heterocycles. The van der Waals surface area contributed by atoms with Gasteiger partial charge < -0.3 is 0 Å². The van der Waals surface area contributed by atoms with Gasteiger partial charge in [0.15, 0.2) is 0 Å². The van der Waals surface area contributed by atoms with E-state index in [0.29, 0.717) is 6.42 Å². The number of carbonyl (C=O) groups excluding carboxylic acids is 1. The van der Waals surface area contributed by atoms with Crippen molar-refractivity contribution < 1.29 is 4.79 Å². The van der Waals surface area contributed by atoms with E-state index in [4.69, 9.17) is 3.96 Å². The van der Waals surface area contributed by atoms with E-state index in [1.807, 2.05) is 0 Å². The van der Waals surface area contributed by atoms with E-state index < -0.39 is 21.4 Å². The van der Waals surface area contributed by atoms with Gasteiger partial charge in [0.05, 0.1) is 0 Å². The summed E-state index contributed by atoms with van der Waals surface area (Å²) in [6, 6.07) is 0. The van der Waals surface area contributed by atoms with Crippen molar-refractivity contribution in [2.24, 2.45) is 3.96 Å². The molecule has 0 amide bonds. The van der Waals surface area contributed by atoms with Gasteiger partial charge in [0.2, 0.25) is 0 Å². The second-order valence-corrected chi connectivity index (χ2v) is 3.50. The fourth-order valence-electron chi connectivity index (χ4n) is 0.142. The van der Waals surface area contributed by atoms with Crippen molar-refractivity contribution in [3.63, 3.8) is 0 Å². The quantitative estimate of drug-likeness (QED) is 0.374. The summed E-state index contributed by atoms with van der Waals surface area (Å²) in [7, 11) is 0. The molecule has 0 bridgehead atoms. The minimum atomic E-state index is -0.542. The van der Waals surface area contributed by atoms with Crippen molar-refractivity contribution in [3.8, 4) is 0 Å². The fourth-order valence-corrected chi connectivity index (χ4v) is 0.954. The Morgan fingerprint density at radius 3 is 2.67 bits per heavy atom. The van der Waals surface area contributed by atoms with Crippen LogP contribution < -0.4 is 3.96 Å². The molecule has 0 saturated carbocycles. The molecule has 0 aliphatic rings. The molecular formula is C3H7NOSn. The molecule has 2 N–H and O–H groups in total. The van der Waals surface area contributed by atoms with Crippen molar-refractivity contribution >= 4 is 27.7 Å². The van der Waals surface area contributed by atoms with Crippen molar-refractivity contribution in [2.75, 3.05) is 0 Å². The molecule has 0 unspecified atom stereocenters. The summed E-state index contributed by atoms with van der Waals surface area (Å²) < 4.78 is 6.22. The van der Waals surface area contributed by atoms with Crippen LogP contribution in [0.4, 0.5) is 0 Å². The monoisotopic (exact) mass is 193 g/mol. The molecule has 6 heavy (non-hydrogen) atoms. The zero-order chi connectivity index (χ0) is 4.83. The molecule has 0 atom stereocenters. The molecule has 0 aromatic heterocycles. The standard InChI is InChI=1S/C3H5O.H2N.Sn/c1-2-3-4;;/h3H,1-2H2;1H2;/q;-1;+1. The third kappa shape index (κ3) is 4.43. The van der Waals surface area contributed by atoms with Crippen molar-refractivity contribution in [1.29, 1.82) is 0 Å². The number of rotatable bonds is 3. The van der Waals surface area contributed by atoms with Crippen molar-refractivity contribution in [3.05, 3.63) is 0 Å². The molecule has 0 saturated heterocycles. The Morgan fingerprint density at radius 1 is 1.83 bits per heavy atom. The first-order valence-electron chi connectivity index (χ1n) is 1.79. The van der Waals surface area contributed by atoms with Crippen LogP contribution in [0.1, 0.15) is 6.42 Å². The van der Waals surface area contributed by atoms with Gasteiger partial charge in [-0.3, -0.25) is 0 Å². The first-order valence-corrected chi connectivity index (χ1v) is 5.45. The van der Waals surface area contributed by atoms with Gasteiger partial charge in [-0.25, -0.2) is 0 Å². The minimum absolute atomic E-state index is 0.542. The van der Waals surface area contributed by atoms with E-state index in [1.54, 1.807) is 0 Å². The van der Waals surface area contributed by atoms with Gasteiger partial charge in [-0.15, -0.1) is 0 Å². The van der Waals surface area contributed by atoms with Gasteiger partial charge in [-0.2, -0.15) is 0 Å². The molecule has 2 radical (unpaired) electrons. The number of carbonyl (C=O) groups is 1. The zero-order valence-corrected chi connectivity index (χ0v) is 6.33. The predicted octanol–water partition coefficient (Wildman–Crippen LogP) is -0.428. The topological polar surface area (TPSA) is 43.1 Å². The average Bonchev–Trinajstić information content (AvgIpc) is 1.61. The van der Waals surface area contributed by atoms with Gasteiger partial charge in [0, 0.05) is 0 Å². The van der Waals surface area contributed by atoms with Crippen LogP contribution in [0.5, 0.6) is 0 Å². The second kappa shape index (κ2) is 5.43. The summed E-state index contributed by atoms with van der Waals surface area (Å²) in [6.07, 6.45) is 1.61. The zero-order valence-electron chi connectivity index (χ0n) is 3.48. The molecule has 0 aromatic carbocycles. The van der Waals surface area contributed by atoms with Crippen LogP contribution in [0.25, 0.3) is 0 Å². The van der Waals surface area contributed by atoms with E-state index in [0.717, 1.165) is 10.7 Å². The van der Waals surface area contributed by atoms with Crippen LogP contribution >= 0.6 is 0 Å². The van der Waals surface area contributed by atoms with Crippen LogP contribution in [0, 0.1) is 0 Å². The van der Waals surface area contributed by atoms with E-state index in [1.165, 1.54) is 0 Å². The van der Waals surface area contributed by atoms with Gasteiger partial charge in [-0.1, -0.05) is 0 Å². The molecular weight excluding hydrogens is 185 g/mol. The molecule has 34 valence electrons. The average molecular weight is 192 g/mol. The van der Waals surface area contributed by atoms with Crippen LogP contribution in [0.3, 0.4) is 0 Å². The predicted molar refractivity (Wildman–Crippen MR) is 25.4 cm³/mol. The van der Waals surface area contributed by atoms with Crippen LogP contribution in [-0.2, 0) is 4.79 Å². The summed E-state index contributed by atoms with van der Waals surface area (Å²) in [5.74, 6) is 0. The van der Waals surface area contributed by atoms with Gasteiger partial charge in [0.1, 0.15) is 0 Å². The third-order valence-corrected chi connectivity index (χ3v) is 2.05. The Kier molecular flexibility index (Phi) is 5.82. The Hall–Kier alpha value is 0.429. The van der Waals surface area contributed by atoms with Crippen LogP contribution in [-0.4, -0.2) is 27.7 Å². The molecule has 0 spiro atoms. The van der Waals surface area contributed by atoms with Crippen LogP contribution in [0.2, 0.25) is 4.44 Å². The van der Waals surface area contributed by atoms with Gasteiger partial charge in [-0.05, 0) is 0 Å². The first kappa shape index (κ1) is 6.43. The van der Waals surface area contributed by atoms with E-state index in [-0.39, 0.29) is 0 Å². The summed E-state index contributed by atoms with van der Waals surface area (Å²) in [5.41, 5.74) is 0. The Bertz CT molecular complexity index is 39.8. The maximum atomic E-state index is 9.54. The molecule has 0 aromatic rings. The van der Waals surface area contributed by atoms with Crippen molar-refractivity contribution in [2.45, 2.75) is 10.9 Å². The number of nitrogens with two attached hydrogens (primary N) is 1. The van der Waals surface area contributed by atoms with Crippen LogP contribution in [0.15, 0.2) is 0 Å². The molecule has 0 aliphatic carbocycles. The van der Waals surface area contributed by atoms with E-state index in [9.17, 15) is 4.79 Å². The van der Waals surface area contributed by atoms with Crippen molar-refractivity contribution in [1.82, 2.24) is 0 Å². The third-order valence-electron chi connectivity index (χ3n) is 0.407. The van der Waals surface area contributed by atoms with Gasteiger partial charge >= 0.3 is 47.3 Å². The summed E-state index contributed by atoms with van der Waals surface area (Å²) in [4.78, 5) is 9.54. The van der Waals surface area contributed by atoms with E-state index >= 15 is 0 Å². The Morgan fingerprint density at radius 2 is 2.50 bits per heavy atom. The second-order valence-electron chi connectivity index (χ2n) is 0.909. The van der Waals surface area contributed by atoms with E-state index in [2.05, 4.69) is 0 Å².